The van der Waals surface area contributed by atoms with E-state index in [1.807, 2.05) is 66.6 Å². The molecule has 1 N–H and O–H groups in total. The van der Waals surface area contributed by atoms with Crippen LogP contribution in [0.5, 0.6) is 5.75 Å². The lowest BCUT2D eigenvalue weighted by molar-refractivity contribution is 0.102. The normalized spacial score (nSPS) is 18.1. The highest BCUT2D eigenvalue weighted by molar-refractivity contribution is 6.04. The molecule has 1 saturated heterocycles. The third kappa shape index (κ3) is 4.54. The van der Waals surface area contributed by atoms with Crippen LogP contribution < -0.4 is 10.1 Å². The van der Waals surface area contributed by atoms with Crippen molar-refractivity contribution < 1.29 is 9.53 Å². The molecule has 3 aromatic rings. The summed E-state index contributed by atoms with van der Waals surface area (Å²) < 4.78 is 7.69. The first kappa shape index (κ1) is 17.3. The summed E-state index contributed by atoms with van der Waals surface area (Å²) in [6.07, 6.45) is 3.94. The molecule has 4 rings (SSSR count). The minimum absolute atomic E-state index is 0.117. The van der Waals surface area contributed by atoms with Crippen LogP contribution in [-0.2, 0) is 13.6 Å². The fourth-order valence-corrected chi connectivity index (χ4v) is 2.98. The SMILES string of the molecule is Cn1cc(CN2CC2COc2ccc(NC(=O)c3ccccc3)cc2)cn1. The fraction of sp³-hybridized carbons (Fsp3) is 0.238. The van der Waals surface area contributed by atoms with E-state index in [2.05, 4.69) is 15.3 Å². The zero-order valence-electron chi connectivity index (χ0n) is 15.2. The Morgan fingerprint density at radius 2 is 1.96 bits per heavy atom. The highest BCUT2D eigenvalue weighted by Gasteiger charge is 2.34. The van der Waals surface area contributed by atoms with Gasteiger partial charge in [-0.1, -0.05) is 18.2 Å². The molecule has 2 aromatic carbocycles. The first-order valence-electron chi connectivity index (χ1n) is 8.98. The summed E-state index contributed by atoms with van der Waals surface area (Å²) in [4.78, 5) is 14.5. The third-order valence-electron chi connectivity index (χ3n) is 4.56. The second kappa shape index (κ2) is 7.63. The zero-order valence-corrected chi connectivity index (χ0v) is 15.2. The molecule has 1 amide bonds. The number of ether oxygens (including phenoxy) is 1. The average molecular weight is 362 g/mol. The fourth-order valence-electron chi connectivity index (χ4n) is 2.98. The van der Waals surface area contributed by atoms with Crippen molar-refractivity contribution in [2.45, 2.75) is 12.6 Å². The molecule has 1 aliphatic heterocycles. The average Bonchev–Trinajstić information content (AvgIpc) is 3.30. The van der Waals surface area contributed by atoms with Crippen LogP contribution in [0.2, 0.25) is 0 Å². The first-order valence-corrected chi connectivity index (χ1v) is 8.98. The maximum Gasteiger partial charge on any atom is 0.255 e. The second-order valence-corrected chi connectivity index (χ2v) is 6.76. The monoisotopic (exact) mass is 362 g/mol. The van der Waals surface area contributed by atoms with Crippen molar-refractivity contribution in [2.75, 3.05) is 18.5 Å². The molecule has 0 saturated carbocycles. The summed E-state index contributed by atoms with van der Waals surface area (Å²) in [5, 5.41) is 7.08. The molecular weight excluding hydrogens is 340 g/mol. The highest BCUT2D eigenvalue weighted by atomic mass is 16.5. The van der Waals surface area contributed by atoms with E-state index in [1.54, 1.807) is 12.1 Å². The van der Waals surface area contributed by atoms with Gasteiger partial charge in [-0.05, 0) is 36.4 Å². The van der Waals surface area contributed by atoms with Crippen molar-refractivity contribution in [2.24, 2.45) is 7.05 Å². The molecule has 1 aromatic heterocycles. The number of carbonyl (C=O) groups is 1. The number of rotatable bonds is 7. The van der Waals surface area contributed by atoms with Crippen molar-refractivity contribution in [3.05, 3.63) is 78.1 Å². The molecular formula is C21H22N4O2. The lowest BCUT2D eigenvalue weighted by atomic mass is 10.2. The summed E-state index contributed by atoms with van der Waals surface area (Å²) in [7, 11) is 1.93. The predicted octanol–water partition coefficient (Wildman–Crippen LogP) is 2.94. The Balaban J connectivity index is 1.23. The summed E-state index contributed by atoms with van der Waals surface area (Å²) in [6, 6.07) is 17.1. The number of hydrogen-bond acceptors (Lipinski definition) is 4. The van der Waals surface area contributed by atoms with Crippen LogP contribution in [0, 0.1) is 0 Å². The Kier molecular flexibility index (Phi) is 4.89. The molecule has 27 heavy (non-hydrogen) atoms. The van der Waals surface area contributed by atoms with Gasteiger partial charge >= 0.3 is 0 Å². The predicted molar refractivity (Wildman–Crippen MR) is 104 cm³/mol. The molecule has 6 heteroatoms. The van der Waals surface area contributed by atoms with Crippen molar-refractivity contribution >= 4 is 11.6 Å². The van der Waals surface area contributed by atoms with E-state index in [0.29, 0.717) is 18.2 Å². The molecule has 2 unspecified atom stereocenters. The molecule has 1 aliphatic rings. The Bertz CT molecular complexity index is 905. The van der Waals surface area contributed by atoms with Gasteiger partial charge in [-0.25, -0.2) is 0 Å². The topological polar surface area (TPSA) is 59.2 Å². The molecule has 0 spiro atoms. The highest BCUT2D eigenvalue weighted by Crippen LogP contribution is 2.23. The number of aryl methyl sites for hydroxylation is 1. The van der Waals surface area contributed by atoms with Gasteiger partial charge in [0.05, 0.1) is 12.2 Å². The number of benzene rings is 2. The van der Waals surface area contributed by atoms with Gasteiger partial charge in [0.1, 0.15) is 12.4 Å². The van der Waals surface area contributed by atoms with Gasteiger partial charge in [-0.3, -0.25) is 14.4 Å². The molecule has 1 fully saturated rings. The smallest absolute Gasteiger partial charge is 0.255 e. The standard InChI is InChI=1S/C21H22N4O2/c1-24-12-16(11-22-24)13-25-14-19(25)15-27-20-9-7-18(8-10-20)23-21(26)17-5-3-2-4-6-17/h2-12,19H,13-15H2,1H3,(H,23,26). The van der Waals surface area contributed by atoms with E-state index in [1.165, 1.54) is 5.56 Å². The van der Waals surface area contributed by atoms with E-state index in [4.69, 9.17) is 4.74 Å². The molecule has 2 atom stereocenters. The third-order valence-corrected chi connectivity index (χ3v) is 4.56. The quantitative estimate of drug-likeness (QED) is 0.657. The van der Waals surface area contributed by atoms with Crippen molar-refractivity contribution in [1.82, 2.24) is 14.7 Å². The zero-order chi connectivity index (χ0) is 18.6. The molecule has 6 nitrogen and oxygen atoms in total. The lowest BCUT2D eigenvalue weighted by Gasteiger charge is -2.08. The number of amides is 1. The Morgan fingerprint density at radius 3 is 2.67 bits per heavy atom. The van der Waals surface area contributed by atoms with Crippen LogP contribution >= 0.6 is 0 Å². The number of nitrogens with zero attached hydrogens (tertiary/aromatic N) is 3. The second-order valence-electron chi connectivity index (χ2n) is 6.76. The Hall–Kier alpha value is -3.12. The molecule has 138 valence electrons. The van der Waals surface area contributed by atoms with Crippen molar-refractivity contribution in [1.29, 1.82) is 0 Å². The maximum absolute atomic E-state index is 12.2. The number of nitrogens with one attached hydrogen (secondary N) is 1. The van der Waals surface area contributed by atoms with Crippen LogP contribution in [0.4, 0.5) is 5.69 Å². The number of carbonyl (C=O) groups excluding carboxylic acids is 1. The van der Waals surface area contributed by atoms with Crippen LogP contribution in [0.25, 0.3) is 0 Å². The van der Waals surface area contributed by atoms with Crippen LogP contribution in [0.3, 0.4) is 0 Å². The summed E-state index contributed by atoms with van der Waals surface area (Å²) in [6.45, 7) is 2.61. The lowest BCUT2D eigenvalue weighted by Crippen LogP contribution is -2.12. The Morgan fingerprint density at radius 1 is 1.19 bits per heavy atom. The van der Waals surface area contributed by atoms with Gasteiger partial charge in [-0.15, -0.1) is 0 Å². The minimum Gasteiger partial charge on any atom is -0.492 e. The van der Waals surface area contributed by atoms with E-state index in [0.717, 1.165) is 24.5 Å². The van der Waals surface area contributed by atoms with E-state index in [-0.39, 0.29) is 5.91 Å². The Labute approximate surface area is 158 Å². The minimum atomic E-state index is -0.117. The van der Waals surface area contributed by atoms with Gasteiger partial charge in [0, 0.05) is 43.1 Å². The van der Waals surface area contributed by atoms with E-state index in [9.17, 15) is 4.79 Å². The molecule has 0 radical (unpaired) electrons. The largest absolute Gasteiger partial charge is 0.492 e. The van der Waals surface area contributed by atoms with E-state index >= 15 is 0 Å². The number of hydrogen-bond donors (Lipinski definition) is 1. The van der Waals surface area contributed by atoms with Gasteiger partial charge in [0.2, 0.25) is 0 Å². The summed E-state index contributed by atoms with van der Waals surface area (Å²) in [5.41, 5.74) is 2.61. The summed E-state index contributed by atoms with van der Waals surface area (Å²) >= 11 is 0. The van der Waals surface area contributed by atoms with Crippen LogP contribution in [0.1, 0.15) is 15.9 Å². The van der Waals surface area contributed by atoms with Crippen molar-refractivity contribution in [3.63, 3.8) is 0 Å². The van der Waals surface area contributed by atoms with Crippen LogP contribution in [0.15, 0.2) is 67.0 Å². The molecule has 2 heterocycles. The van der Waals surface area contributed by atoms with Gasteiger partial charge < -0.3 is 10.1 Å². The van der Waals surface area contributed by atoms with Crippen LogP contribution in [-0.4, -0.2) is 39.8 Å². The number of anilines is 1. The maximum atomic E-state index is 12.2. The molecule has 0 bridgehead atoms. The van der Waals surface area contributed by atoms with Gasteiger partial charge in [0.15, 0.2) is 0 Å². The van der Waals surface area contributed by atoms with Gasteiger partial charge in [-0.2, -0.15) is 5.10 Å². The van der Waals surface area contributed by atoms with Gasteiger partial charge in [0.25, 0.3) is 5.91 Å². The number of aromatic nitrogens is 2. The van der Waals surface area contributed by atoms with E-state index < -0.39 is 0 Å². The first-order chi connectivity index (χ1) is 13.2. The summed E-state index contributed by atoms with van der Waals surface area (Å²) in [5.74, 6) is 0.689. The molecule has 0 aliphatic carbocycles. The van der Waals surface area contributed by atoms with Crippen molar-refractivity contribution in [3.8, 4) is 5.75 Å².